The number of rotatable bonds is 2. The van der Waals surface area contributed by atoms with Crippen LogP contribution in [0.2, 0.25) is 0 Å². The van der Waals surface area contributed by atoms with Crippen molar-refractivity contribution in [2.75, 3.05) is 26.2 Å². The summed E-state index contributed by atoms with van der Waals surface area (Å²) in [5.74, 6) is 0. The Kier molecular flexibility index (Phi) is 3.52. The second kappa shape index (κ2) is 5.11. The molecule has 1 saturated heterocycles. The normalized spacial score (nSPS) is 27.4. The van der Waals surface area contributed by atoms with E-state index >= 15 is 0 Å². The van der Waals surface area contributed by atoms with E-state index in [0.29, 0.717) is 6.04 Å². The average Bonchev–Trinajstić information content (AvgIpc) is 3.00. The van der Waals surface area contributed by atoms with Crippen molar-refractivity contribution in [3.05, 3.63) is 0 Å². The number of hydrogen-bond acceptors (Lipinski definition) is 2. The van der Waals surface area contributed by atoms with Gasteiger partial charge < -0.3 is 10.2 Å². The molecule has 0 amide bonds. The summed E-state index contributed by atoms with van der Waals surface area (Å²) in [4.78, 5) is 5.04. The lowest BCUT2D eigenvalue weighted by Crippen LogP contribution is -2.53. The molecule has 0 unspecified atom stereocenters. The summed E-state index contributed by atoms with van der Waals surface area (Å²) in [6, 6.07) is 1.57. The van der Waals surface area contributed by atoms with Crippen LogP contribution in [-0.2, 0) is 0 Å². The minimum atomic E-state index is 0.690. The Morgan fingerprint density at radius 2 is 1.59 bits per heavy atom. The van der Waals surface area contributed by atoms with Gasteiger partial charge in [0.15, 0.2) is 5.11 Å². The topological polar surface area (TPSA) is 18.5 Å². The van der Waals surface area contributed by atoms with E-state index in [4.69, 9.17) is 12.2 Å². The Labute approximate surface area is 110 Å². The lowest BCUT2D eigenvalue weighted by molar-refractivity contribution is 0.133. The van der Waals surface area contributed by atoms with Crippen LogP contribution >= 0.6 is 12.2 Å². The molecule has 2 saturated carbocycles. The van der Waals surface area contributed by atoms with Crippen LogP contribution in [0, 0.1) is 0 Å². The van der Waals surface area contributed by atoms with Crippen molar-refractivity contribution < 1.29 is 0 Å². The molecule has 0 aromatic carbocycles. The average molecular weight is 253 g/mol. The van der Waals surface area contributed by atoms with Crippen LogP contribution in [-0.4, -0.2) is 53.2 Å². The Morgan fingerprint density at radius 1 is 0.941 bits per heavy atom. The highest BCUT2D eigenvalue weighted by Crippen LogP contribution is 2.24. The quantitative estimate of drug-likeness (QED) is 0.753. The second-order valence-electron chi connectivity index (χ2n) is 5.69. The van der Waals surface area contributed by atoms with Gasteiger partial charge in [0.1, 0.15) is 0 Å². The molecular formula is C13H23N3S. The zero-order chi connectivity index (χ0) is 11.7. The molecule has 3 aliphatic rings. The number of nitrogens with one attached hydrogen (secondary N) is 1. The zero-order valence-corrected chi connectivity index (χ0v) is 11.3. The molecule has 0 aromatic heterocycles. The molecule has 4 heteroatoms. The van der Waals surface area contributed by atoms with Gasteiger partial charge in [0.05, 0.1) is 0 Å². The van der Waals surface area contributed by atoms with Crippen LogP contribution in [0.4, 0.5) is 0 Å². The SMILES string of the molecule is S=C(NC1CC1)N1CCN(C2CCCC2)CC1. The van der Waals surface area contributed by atoms with Crippen molar-refractivity contribution in [2.45, 2.75) is 50.6 Å². The maximum absolute atomic E-state index is 5.46. The lowest BCUT2D eigenvalue weighted by Gasteiger charge is -2.39. The molecule has 17 heavy (non-hydrogen) atoms. The molecule has 0 atom stereocenters. The van der Waals surface area contributed by atoms with E-state index in [-0.39, 0.29) is 0 Å². The van der Waals surface area contributed by atoms with Gasteiger partial charge in [-0.3, -0.25) is 4.90 Å². The van der Waals surface area contributed by atoms with E-state index in [2.05, 4.69) is 15.1 Å². The van der Waals surface area contributed by atoms with Crippen molar-refractivity contribution in [1.29, 1.82) is 0 Å². The van der Waals surface area contributed by atoms with Crippen LogP contribution in [0.3, 0.4) is 0 Å². The fraction of sp³-hybridized carbons (Fsp3) is 0.923. The summed E-state index contributed by atoms with van der Waals surface area (Å²) in [7, 11) is 0. The van der Waals surface area contributed by atoms with Crippen LogP contribution in [0.1, 0.15) is 38.5 Å². The number of piperazine rings is 1. The van der Waals surface area contributed by atoms with Crippen molar-refractivity contribution in [1.82, 2.24) is 15.1 Å². The van der Waals surface area contributed by atoms with Gasteiger partial charge in [-0.15, -0.1) is 0 Å². The van der Waals surface area contributed by atoms with Crippen LogP contribution in [0.5, 0.6) is 0 Å². The Balaban J connectivity index is 1.44. The van der Waals surface area contributed by atoms with Crippen LogP contribution < -0.4 is 5.32 Å². The summed E-state index contributed by atoms with van der Waals surface area (Å²) in [5.41, 5.74) is 0. The standard InChI is InChI=1S/C13H23N3S/c17-13(14-11-5-6-11)16-9-7-15(8-10-16)12-3-1-2-4-12/h11-12H,1-10H2,(H,14,17). The van der Waals surface area contributed by atoms with Gasteiger partial charge in [-0.1, -0.05) is 12.8 Å². The van der Waals surface area contributed by atoms with E-state index in [1.807, 2.05) is 0 Å². The summed E-state index contributed by atoms with van der Waals surface area (Å²) >= 11 is 5.46. The highest BCUT2D eigenvalue weighted by atomic mass is 32.1. The molecule has 3 fully saturated rings. The molecule has 3 rings (SSSR count). The Morgan fingerprint density at radius 3 is 2.18 bits per heavy atom. The molecule has 96 valence electrons. The van der Waals surface area contributed by atoms with Gasteiger partial charge in [0, 0.05) is 38.3 Å². The predicted octanol–water partition coefficient (Wildman–Crippen LogP) is 1.58. The van der Waals surface area contributed by atoms with Gasteiger partial charge in [-0.05, 0) is 37.9 Å². The second-order valence-corrected chi connectivity index (χ2v) is 6.07. The predicted molar refractivity (Wildman–Crippen MR) is 74.2 cm³/mol. The first-order valence-electron chi connectivity index (χ1n) is 7.12. The lowest BCUT2D eigenvalue weighted by atomic mass is 10.2. The minimum Gasteiger partial charge on any atom is -0.360 e. The zero-order valence-electron chi connectivity index (χ0n) is 10.5. The van der Waals surface area contributed by atoms with E-state index in [0.717, 1.165) is 24.2 Å². The fourth-order valence-corrected chi connectivity index (χ4v) is 3.40. The molecule has 1 heterocycles. The molecule has 2 aliphatic carbocycles. The smallest absolute Gasteiger partial charge is 0.169 e. The van der Waals surface area contributed by atoms with Crippen molar-refractivity contribution >= 4 is 17.3 Å². The molecule has 0 radical (unpaired) electrons. The maximum atomic E-state index is 5.46. The number of thiocarbonyl (C=S) groups is 1. The third-order valence-electron chi connectivity index (χ3n) is 4.35. The largest absolute Gasteiger partial charge is 0.360 e. The number of hydrogen-bond donors (Lipinski definition) is 1. The van der Waals surface area contributed by atoms with E-state index < -0.39 is 0 Å². The van der Waals surface area contributed by atoms with Gasteiger partial charge in [-0.25, -0.2) is 0 Å². The molecule has 0 bridgehead atoms. The fourth-order valence-electron chi connectivity index (χ4n) is 3.05. The summed E-state index contributed by atoms with van der Waals surface area (Å²) in [5, 5.41) is 4.45. The first kappa shape index (κ1) is 11.7. The summed E-state index contributed by atoms with van der Waals surface area (Å²) in [6.07, 6.45) is 8.33. The maximum Gasteiger partial charge on any atom is 0.169 e. The molecular weight excluding hydrogens is 230 g/mol. The Hall–Kier alpha value is -0.350. The van der Waals surface area contributed by atoms with Crippen molar-refractivity contribution in [2.24, 2.45) is 0 Å². The van der Waals surface area contributed by atoms with Gasteiger partial charge in [0.2, 0.25) is 0 Å². The van der Waals surface area contributed by atoms with Crippen LogP contribution in [0.25, 0.3) is 0 Å². The first-order valence-corrected chi connectivity index (χ1v) is 7.53. The molecule has 1 N–H and O–H groups in total. The van der Waals surface area contributed by atoms with Gasteiger partial charge >= 0.3 is 0 Å². The van der Waals surface area contributed by atoms with Gasteiger partial charge in [-0.2, -0.15) is 0 Å². The molecule has 0 spiro atoms. The summed E-state index contributed by atoms with van der Waals surface area (Å²) in [6.45, 7) is 4.65. The Bertz CT molecular complexity index is 276. The van der Waals surface area contributed by atoms with Gasteiger partial charge in [0.25, 0.3) is 0 Å². The molecule has 3 nitrogen and oxygen atoms in total. The minimum absolute atomic E-state index is 0.690. The monoisotopic (exact) mass is 253 g/mol. The first-order chi connectivity index (χ1) is 8.33. The van der Waals surface area contributed by atoms with Crippen LogP contribution in [0.15, 0.2) is 0 Å². The molecule has 0 aromatic rings. The van der Waals surface area contributed by atoms with Crippen molar-refractivity contribution in [3.63, 3.8) is 0 Å². The highest BCUT2D eigenvalue weighted by molar-refractivity contribution is 7.80. The van der Waals surface area contributed by atoms with E-state index in [9.17, 15) is 0 Å². The third-order valence-corrected chi connectivity index (χ3v) is 4.72. The third kappa shape index (κ3) is 2.91. The summed E-state index contributed by atoms with van der Waals surface area (Å²) < 4.78 is 0. The molecule has 1 aliphatic heterocycles. The van der Waals surface area contributed by atoms with E-state index in [1.165, 1.54) is 51.6 Å². The van der Waals surface area contributed by atoms with Crippen molar-refractivity contribution in [3.8, 4) is 0 Å². The van der Waals surface area contributed by atoms with E-state index in [1.54, 1.807) is 0 Å². The number of nitrogens with zero attached hydrogens (tertiary/aromatic N) is 2. The highest BCUT2D eigenvalue weighted by Gasteiger charge is 2.28.